The Labute approximate surface area is 136 Å². The first kappa shape index (κ1) is 14.6. The lowest BCUT2D eigenvalue weighted by Crippen LogP contribution is -2.09. The highest BCUT2D eigenvalue weighted by atomic mass is 79.9. The summed E-state index contributed by atoms with van der Waals surface area (Å²) in [6.45, 7) is 2.65. The van der Waals surface area contributed by atoms with Crippen molar-refractivity contribution in [1.29, 1.82) is 0 Å². The number of imidazole rings is 1. The normalized spacial score (nSPS) is 12.7. The fourth-order valence-corrected chi connectivity index (χ4v) is 3.46. The first-order chi connectivity index (χ1) is 10.2. The molecule has 0 saturated heterocycles. The summed E-state index contributed by atoms with van der Waals surface area (Å²) in [5.74, 6) is 0. The molecular weight excluding hydrogens is 346 g/mol. The molecule has 5 heteroatoms. The lowest BCUT2D eigenvalue weighted by atomic mass is 10.1. The number of thioether (sulfide) groups is 1. The maximum absolute atomic E-state index is 5.93. The van der Waals surface area contributed by atoms with E-state index in [1.54, 1.807) is 11.8 Å². The number of aromatic amines is 1. The maximum Gasteiger partial charge on any atom is 0.167 e. The summed E-state index contributed by atoms with van der Waals surface area (Å²) in [6.07, 6.45) is 0. The third-order valence-electron chi connectivity index (χ3n) is 3.33. The largest absolute Gasteiger partial charge is 0.333 e. The highest BCUT2D eigenvalue weighted by molar-refractivity contribution is 9.10. The predicted octanol–water partition coefficient (Wildman–Crippen LogP) is 4.43. The summed E-state index contributed by atoms with van der Waals surface area (Å²) in [4.78, 5) is 8.00. The zero-order valence-electron chi connectivity index (χ0n) is 11.6. The average molecular weight is 362 g/mol. The van der Waals surface area contributed by atoms with E-state index in [-0.39, 0.29) is 5.25 Å². The molecule has 0 bridgehead atoms. The van der Waals surface area contributed by atoms with Gasteiger partial charge in [-0.25, -0.2) is 4.98 Å². The summed E-state index contributed by atoms with van der Waals surface area (Å²) < 4.78 is 1.08. The molecule has 0 aliphatic carbocycles. The number of fused-ring (bicyclic) bond motifs is 1. The van der Waals surface area contributed by atoms with Crippen LogP contribution in [0.25, 0.3) is 11.0 Å². The molecule has 1 atom stereocenters. The molecule has 3 nitrogen and oxygen atoms in total. The predicted molar refractivity (Wildman–Crippen MR) is 92.6 cm³/mol. The first-order valence-electron chi connectivity index (χ1n) is 6.74. The van der Waals surface area contributed by atoms with Gasteiger partial charge in [0.2, 0.25) is 0 Å². The van der Waals surface area contributed by atoms with Crippen molar-refractivity contribution in [2.45, 2.75) is 17.3 Å². The van der Waals surface area contributed by atoms with Crippen LogP contribution >= 0.6 is 27.7 Å². The third-order valence-corrected chi connectivity index (χ3v) is 5.02. The second-order valence-electron chi connectivity index (χ2n) is 4.96. The number of H-pyrrole nitrogens is 1. The van der Waals surface area contributed by atoms with Crippen LogP contribution in [0.4, 0.5) is 0 Å². The summed E-state index contributed by atoms with van der Waals surface area (Å²) in [7, 11) is 0. The molecule has 0 spiro atoms. The summed E-state index contributed by atoms with van der Waals surface area (Å²) in [5.41, 5.74) is 10.4. The Morgan fingerprint density at radius 3 is 2.71 bits per heavy atom. The molecule has 3 N–H and O–H groups in total. The van der Waals surface area contributed by atoms with Gasteiger partial charge in [-0.2, -0.15) is 0 Å². The van der Waals surface area contributed by atoms with Gasteiger partial charge >= 0.3 is 0 Å². The van der Waals surface area contributed by atoms with E-state index in [2.05, 4.69) is 57.1 Å². The molecule has 3 rings (SSSR count). The molecule has 0 aliphatic heterocycles. The Kier molecular flexibility index (Phi) is 4.33. The molecule has 1 heterocycles. The fourth-order valence-electron chi connectivity index (χ4n) is 2.22. The van der Waals surface area contributed by atoms with Crippen molar-refractivity contribution in [3.05, 3.63) is 58.1 Å². The van der Waals surface area contributed by atoms with E-state index in [0.29, 0.717) is 6.54 Å². The lowest BCUT2D eigenvalue weighted by molar-refractivity contribution is 0.928. The van der Waals surface area contributed by atoms with Crippen LogP contribution in [-0.2, 0) is 0 Å². The number of rotatable bonds is 4. The SMILES string of the molecule is Cc1ccc2nc(SC(CN)c3ccc(Br)cc3)[nH]c2c1. The molecule has 0 amide bonds. The van der Waals surface area contributed by atoms with Crippen LogP contribution in [0.3, 0.4) is 0 Å². The lowest BCUT2D eigenvalue weighted by Gasteiger charge is -2.13. The van der Waals surface area contributed by atoms with Crippen molar-refractivity contribution in [3.63, 3.8) is 0 Å². The molecule has 0 radical (unpaired) electrons. The topological polar surface area (TPSA) is 54.7 Å². The van der Waals surface area contributed by atoms with Gasteiger partial charge in [0, 0.05) is 16.3 Å². The summed E-state index contributed by atoms with van der Waals surface area (Å²) in [5, 5.41) is 1.11. The number of nitrogens with one attached hydrogen (secondary N) is 1. The molecule has 3 aromatic rings. The van der Waals surface area contributed by atoms with Gasteiger partial charge in [-0.15, -0.1) is 0 Å². The second kappa shape index (κ2) is 6.22. The molecule has 21 heavy (non-hydrogen) atoms. The Balaban J connectivity index is 1.86. The Morgan fingerprint density at radius 1 is 1.24 bits per heavy atom. The number of aryl methyl sites for hydroxylation is 1. The molecule has 0 saturated carbocycles. The van der Waals surface area contributed by atoms with Crippen LogP contribution in [0.5, 0.6) is 0 Å². The van der Waals surface area contributed by atoms with E-state index >= 15 is 0 Å². The van der Waals surface area contributed by atoms with E-state index in [0.717, 1.165) is 20.7 Å². The standard InChI is InChI=1S/C16H16BrN3S/c1-10-2-7-13-14(8-10)20-16(19-13)21-15(9-18)11-3-5-12(17)6-4-11/h2-8,15H,9,18H2,1H3,(H,19,20). The molecule has 108 valence electrons. The van der Waals surface area contributed by atoms with Crippen LogP contribution in [0, 0.1) is 6.92 Å². The molecular formula is C16H16BrN3S. The van der Waals surface area contributed by atoms with Crippen LogP contribution in [0.1, 0.15) is 16.4 Å². The number of hydrogen-bond donors (Lipinski definition) is 2. The van der Waals surface area contributed by atoms with E-state index in [1.165, 1.54) is 11.1 Å². The third kappa shape index (κ3) is 3.31. The highest BCUT2D eigenvalue weighted by Crippen LogP contribution is 2.34. The smallest absolute Gasteiger partial charge is 0.167 e. The van der Waals surface area contributed by atoms with Gasteiger partial charge in [-0.1, -0.05) is 45.9 Å². The van der Waals surface area contributed by atoms with Crippen LogP contribution in [0.2, 0.25) is 0 Å². The molecule has 2 aromatic carbocycles. The Bertz CT molecular complexity index is 752. The van der Waals surface area contributed by atoms with E-state index in [9.17, 15) is 0 Å². The second-order valence-corrected chi connectivity index (χ2v) is 7.06. The summed E-state index contributed by atoms with van der Waals surface area (Å²) in [6, 6.07) is 14.5. The van der Waals surface area contributed by atoms with Gasteiger partial charge in [0.25, 0.3) is 0 Å². The first-order valence-corrected chi connectivity index (χ1v) is 8.41. The van der Waals surface area contributed by atoms with E-state index in [1.807, 2.05) is 18.2 Å². The minimum absolute atomic E-state index is 0.194. The monoisotopic (exact) mass is 361 g/mol. The highest BCUT2D eigenvalue weighted by Gasteiger charge is 2.14. The van der Waals surface area contributed by atoms with Crippen molar-refractivity contribution < 1.29 is 0 Å². The van der Waals surface area contributed by atoms with Crippen molar-refractivity contribution in [1.82, 2.24) is 9.97 Å². The number of nitrogens with two attached hydrogens (primary N) is 1. The Hall–Kier alpha value is -1.30. The van der Waals surface area contributed by atoms with E-state index < -0.39 is 0 Å². The fraction of sp³-hybridized carbons (Fsp3) is 0.188. The number of hydrogen-bond acceptors (Lipinski definition) is 3. The quantitative estimate of drug-likeness (QED) is 0.676. The molecule has 0 fully saturated rings. The number of nitrogens with zero attached hydrogens (tertiary/aromatic N) is 1. The van der Waals surface area contributed by atoms with Gasteiger partial charge < -0.3 is 10.7 Å². The Morgan fingerprint density at radius 2 is 2.00 bits per heavy atom. The molecule has 1 aromatic heterocycles. The zero-order chi connectivity index (χ0) is 14.8. The van der Waals surface area contributed by atoms with Gasteiger partial charge in [0.15, 0.2) is 5.16 Å². The van der Waals surface area contributed by atoms with Gasteiger partial charge in [0.1, 0.15) is 0 Å². The van der Waals surface area contributed by atoms with E-state index in [4.69, 9.17) is 5.73 Å². The molecule has 0 aliphatic rings. The van der Waals surface area contributed by atoms with Crippen molar-refractivity contribution in [2.75, 3.05) is 6.54 Å². The van der Waals surface area contributed by atoms with Crippen molar-refractivity contribution >= 4 is 38.7 Å². The van der Waals surface area contributed by atoms with Gasteiger partial charge in [0.05, 0.1) is 11.0 Å². The zero-order valence-corrected chi connectivity index (χ0v) is 14.0. The summed E-state index contributed by atoms with van der Waals surface area (Å²) >= 11 is 5.13. The van der Waals surface area contributed by atoms with Gasteiger partial charge in [-0.3, -0.25) is 0 Å². The minimum atomic E-state index is 0.194. The van der Waals surface area contributed by atoms with Crippen LogP contribution in [-0.4, -0.2) is 16.5 Å². The van der Waals surface area contributed by atoms with Crippen LogP contribution < -0.4 is 5.73 Å². The number of aromatic nitrogens is 2. The number of benzene rings is 2. The minimum Gasteiger partial charge on any atom is -0.333 e. The van der Waals surface area contributed by atoms with Crippen LogP contribution in [0.15, 0.2) is 52.1 Å². The van der Waals surface area contributed by atoms with Crippen molar-refractivity contribution in [2.24, 2.45) is 5.73 Å². The maximum atomic E-state index is 5.93. The number of halogens is 1. The van der Waals surface area contributed by atoms with Gasteiger partial charge in [-0.05, 0) is 42.3 Å². The average Bonchev–Trinajstić information content (AvgIpc) is 2.87. The molecule has 1 unspecified atom stereocenters. The van der Waals surface area contributed by atoms with Crippen molar-refractivity contribution in [3.8, 4) is 0 Å².